The zero-order valence-corrected chi connectivity index (χ0v) is 14.5. The first-order valence-electron chi connectivity index (χ1n) is 6.98. The van der Waals surface area contributed by atoms with Crippen LogP contribution in [0.2, 0.25) is 0 Å². The third kappa shape index (κ3) is 3.48. The van der Waals surface area contributed by atoms with Gasteiger partial charge in [-0.3, -0.25) is 10.1 Å². The van der Waals surface area contributed by atoms with Crippen molar-refractivity contribution in [2.45, 2.75) is 18.5 Å². The normalized spacial score (nSPS) is 11.0. The molecule has 0 bridgehead atoms. The molecule has 1 heterocycles. The summed E-state index contributed by atoms with van der Waals surface area (Å²) in [6.45, 7) is 1.95. The van der Waals surface area contributed by atoms with Crippen LogP contribution in [0.5, 0.6) is 11.5 Å². The largest absolute Gasteiger partial charge is 0.493 e. The van der Waals surface area contributed by atoms with Crippen LogP contribution in [-0.2, 0) is 6.42 Å². The highest BCUT2D eigenvalue weighted by molar-refractivity contribution is 7.98. The van der Waals surface area contributed by atoms with E-state index >= 15 is 0 Å². The van der Waals surface area contributed by atoms with Crippen molar-refractivity contribution in [3.05, 3.63) is 33.6 Å². The summed E-state index contributed by atoms with van der Waals surface area (Å²) < 4.78 is 11.8. The first-order valence-corrected chi connectivity index (χ1v) is 8.21. The van der Waals surface area contributed by atoms with Crippen molar-refractivity contribution in [2.75, 3.05) is 20.5 Å². The maximum absolute atomic E-state index is 11.2. The minimum Gasteiger partial charge on any atom is -0.493 e. The molecule has 24 heavy (non-hydrogen) atoms. The van der Waals surface area contributed by atoms with Crippen LogP contribution in [0.1, 0.15) is 18.3 Å². The molecule has 128 valence electrons. The van der Waals surface area contributed by atoms with Gasteiger partial charge in [-0.05, 0) is 12.3 Å². The van der Waals surface area contributed by atoms with Crippen LogP contribution < -0.4 is 9.47 Å². The van der Waals surface area contributed by atoms with Crippen LogP contribution in [0.4, 0.5) is 5.69 Å². The molecule has 0 spiro atoms. The number of thioether (sulfide) groups is 1. The fraction of sp³-hybridized carbons (Fsp3) is 0.357. The van der Waals surface area contributed by atoms with Crippen molar-refractivity contribution in [3.63, 3.8) is 0 Å². The van der Waals surface area contributed by atoms with Gasteiger partial charge in [0, 0.05) is 18.1 Å². The van der Waals surface area contributed by atoms with Crippen molar-refractivity contribution >= 4 is 23.7 Å². The Balaban J connectivity index is 2.48. The van der Waals surface area contributed by atoms with Gasteiger partial charge in [0.2, 0.25) is 10.9 Å². The number of nitro benzene ring substituents is 1. The Morgan fingerprint density at radius 2 is 2.12 bits per heavy atom. The fourth-order valence-corrected chi connectivity index (χ4v) is 2.51. The maximum Gasteiger partial charge on any atom is 0.315 e. The number of methoxy groups -OCH3 is 2. The Kier molecular flexibility index (Phi) is 5.74. The molecule has 10 heteroatoms. The number of hydrogen-bond acceptors (Lipinski definition) is 8. The zero-order valence-electron chi connectivity index (χ0n) is 13.7. The minimum atomic E-state index is -0.526. The van der Waals surface area contributed by atoms with Crippen LogP contribution in [-0.4, -0.2) is 46.5 Å². The SMILES string of the molecule is CCc1nnc(SC)n1/N=C\c1cc(OC)c(OC)c([N+](=O)[O-])c1. The smallest absolute Gasteiger partial charge is 0.315 e. The van der Waals surface area contributed by atoms with E-state index in [1.165, 1.54) is 38.3 Å². The van der Waals surface area contributed by atoms with Crippen LogP contribution in [0.25, 0.3) is 0 Å². The van der Waals surface area contributed by atoms with E-state index in [0.717, 1.165) is 0 Å². The highest BCUT2D eigenvalue weighted by Gasteiger charge is 2.21. The average molecular weight is 351 g/mol. The molecule has 0 saturated heterocycles. The molecule has 9 nitrogen and oxygen atoms in total. The molecule has 0 radical (unpaired) electrons. The number of nitro groups is 1. The number of benzene rings is 1. The van der Waals surface area contributed by atoms with Crippen molar-refractivity contribution < 1.29 is 14.4 Å². The standard InChI is InChI=1S/C14H17N5O4S/c1-5-12-16-17-14(24-4)18(12)15-8-9-6-10(19(20)21)13(23-3)11(7-9)22-2/h6-8H,5H2,1-4H3/b15-8-. The van der Waals surface area contributed by atoms with Crippen molar-refractivity contribution in [3.8, 4) is 11.5 Å². The highest BCUT2D eigenvalue weighted by Crippen LogP contribution is 2.37. The monoisotopic (exact) mass is 351 g/mol. The molecule has 1 aromatic heterocycles. The topological polar surface area (TPSA) is 105 Å². The van der Waals surface area contributed by atoms with Gasteiger partial charge in [-0.2, -0.15) is 9.78 Å². The molecular formula is C14H17N5O4S. The number of rotatable bonds is 7. The number of aryl methyl sites for hydroxylation is 1. The van der Waals surface area contributed by atoms with E-state index in [1.807, 2.05) is 13.2 Å². The summed E-state index contributed by atoms with van der Waals surface area (Å²) in [5, 5.41) is 24.3. The third-order valence-corrected chi connectivity index (χ3v) is 3.80. The second-order valence-electron chi connectivity index (χ2n) is 4.55. The summed E-state index contributed by atoms with van der Waals surface area (Å²) >= 11 is 1.41. The first kappa shape index (κ1) is 17.7. The predicted octanol–water partition coefficient (Wildman–Crippen LogP) is 2.37. The molecule has 0 saturated carbocycles. The Labute approximate surface area is 142 Å². The van der Waals surface area contributed by atoms with Gasteiger partial charge in [-0.1, -0.05) is 18.7 Å². The van der Waals surface area contributed by atoms with Crippen molar-refractivity contribution in [1.82, 2.24) is 14.9 Å². The van der Waals surface area contributed by atoms with Gasteiger partial charge in [0.1, 0.15) is 0 Å². The van der Waals surface area contributed by atoms with Crippen LogP contribution in [0.3, 0.4) is 0 Å². The molecule has 2 rings (SSSR count). The average Bonchev–Trinajstić information content (AvgIpc) is 3.00. The molecule has 0 fully saturated rings. The Hall–Kier alpha value is -2.62. The van der Waals surface area contributed by atoms with Crippen LogP contribution >= 0.6 is 11.8 Å². The maximum atomic E-state index is 11.2. The Morgan fingerprint density at radius 3 is 2.67 bits per heavy atom. The van der Waals surface area contributed by atoms with E-state index < -0.39 is 4.92 Å². The summed E-state index contributed by atoms with van der Waals surface area (Å²) in [5.74, 6) is 1.03. The second-order valence-corrected chi connectivity index (χ2v) is 5.32. The van der Waals surface area contributed by atoms with Crippen LogP contribution in [0.15, 0.2) is 22.4 Å². The second kappa shape index (κ2) is 7.77. The van der Waals surface area contributed by atoms with Crippen molar-refractivity contribution in [1.29, 1.82) is 0 Å². The summed E-state index contributed by atoms with van der Waals surface area (Å²) in [6, 6.07) is 2.99. The molecule has 0 aliphatic rings. The highest BCUT2D eigenvalue weighted by atomic mass is 32.2. The number of aromatic nitrogens is 3. The first-order chi connectivity index (χ1) is 11.5. The lowest BCUT2D eigenvalue weighted by molar-refractivity contribution is -0.385. The number of hydrogen-bond donors (Lipinski definition) is 0. The lowest BCUT2D eigenvalue weighted by Crippen LogP contribution is -2.01. The van der Waals surface area contributed by atoms with Gasteiger partial charge >= 0.3 is 5.69 Å². The summed E-state index contributed by atoms with van der Waals surface area (Å²) in [4.78, 5) is 10.7. The molecule has 0 aliphatic heterocycles. The summed E-state index contributed by atoms with van der Waals surface area (Å²) in [5.41, 5.74) is 0.310. The van der Waals surface area contributed by atoms with Gasteiger partial charge in [-0.25, -0.2) is 0 Å². The minimum absolute atomic E-state index is 0.0722. The van der Waals surface area contributed by atoms with Gasteiger partial charge in [-0.15, -0.1) is 10.2 Å². The van der Waals surface area contributed by atoms with E-state index in [2.05, 4.69) is 15.3 Å². The predicted molar refractivity (Wildman–Crippen MR) is 90.4 cm³/mol. The van der Waals surface area contributed by atoms with Gasteiger partial charge < -0.3 is 9.47 Å². The van der Waals surface area contributed by atoms with Gasteiger partial charge in [0.25, 0.3) is 0 Å². The Bertz CT molecular complexity index is 753. The fourth-order valence-electron chi connectivity index (χ4n) is 2.06. The van der Waals surface area contributed by atoms with E-state index in [0.29, 0.717) is 23.0 Å². The Morgan fingerprint density at radius 1 is 1.38 bits per heavy atom. The summed E-state index contributed by atoms with van der Waals surface area (Å²) in [6.07, 6.45) is 4.03. The van der Waals surface area contributed by atoms with Gasteiger partial charge in [0.05, 0.1) is 25.4 Å². The van der Waals surface area contributed by atoms with E-state index in [9.17, 15) is 10.1 Å². The molecule has 1 aromatic carbocycles. The van der Waals surface area contributed by atoms with Crippen LogP contribution in [0, 0.1) is 10.1 Å². The molecule has 0 N–H and O–H groups in total. The zero-order chi connectivity index (χ0) is 17.7. The molecule has 0 aliphatic carbocycles. The lowest BCUT2D eigenvalue weighted by Gasteiger charge is -2.08. The van der Waals surface area contributed by atoms with E-state index in [1.54, 1.807) is 10.7 Å². The lowest BCUT2D eigenvalue weighted by atomic mass is 10.2. The van der Waals surface area contributed by atoms with Gasteiger partial charge in [0.15, 0.2) is 11.6 Å². The third-order valence-electron chi connectivity index (χ3n) is 3.18. The number of nitrogens with zero attached hydrogens (tertiary/aromatic N) is 5. The van der Waals surface area contributed by atoms with Crippen molar-refractivity contribution in [2.24, 2.45) is 5.10 Å². The summed E-state index contributed by atoms with van der Waals surface area (Å²) in [7, 11) is 2.78. The quantitative estimate of drug-likeness (QED) is 0.326. The molecular weight excluding hydrogens is 334 g/mol. The molecule has 0 amide bonds. The molecule has 0 atom stereocenters. The molecule has 0 unspecified atom stereocenters. The van der Waals surface area contributed by atoms with E-state index in [4.69, 9.17) is 9.47 Å². The van der Waals surface area contributed by atoms with E-state index in [-0.39, 0.29) is 17.2 Å². The number of ether oxygens (including phenoxy) is 2. The molecule has 2 aromatic rings.